The van der Waals surface area contributed by atoms with Crippen molar-refractivity contribution in [2.45, 2.75) is 52.4 Å². The molecular formula is C16H32N2O2. The Hall–Kier alpha value is -0.610. The molecule has 118 valence electrons. The van der Waals surface area contributed by atoms with E-state index in [2.05, 4.69) is 13.8 Å². The maximum atomic E-state index is 13.0. The lowest BCUT2D eigenvalue weighted by Crippen LogP contribution is -2.50. The van der Waals surface area contributed by atoms with E-state index in [1.54, 1.807) is 7.11 Å². The van der Waals surface area contributed by atoms with Crippen LogP contribution in [0.2, 0.25) is 0 Å². The molecule has 0 unspecified atom stereocenters. The van der Waals surface area contributed by atoms with Gasteiger partial charge >= 0.3 is 0 Å². The van der Waals surface area contributed by atoms with Crippen molar-refractivity contribution in [1.82, 2.24) is 4.90 Å². The molecule has 0 aromatic rings. The highest BCUT2D eigenvalue weighted by atomic mass is 16.5. The predicted molar refractivity (Wildman–Crippen MR) is 82.5 cm³/mol. The van der Waals surface area contributed by atoms with Gasteiger partial charge in [-0.2, -0.15) is 0 Å². The van der Waals surface area contributed by atoms with E-state index in [4.69, 9.17) is 10.5 Å². The molecule has 1 aliphatic rings. The van der Waals surface area contributed by atoms with Gasteiger partial charge in [0.2, 0.25) is 5.91 Å². The Bertz CT molecular complexity index is 284. The second-order valence-corrected chi connectivity index (χ2v) is 6.54. The molecule has 4 nitrogen and oxygen atoms in total. The standard InChI is InChI=1S/C16H32N2O2/c1-14(2)12-18(10-11-20-3)15(19)16(13-17)8-6-4-5-7-9-16/h14H,4-13,17H2,1-3H3. The van der Waals surface area contributed by atoms with Crippen LogP contribution in [0.3, 0.4) is 0 Å². The van der Waals surface area contributed by atoms with Crippen LogP contribution in [0.4, 0.5) is 0 Å². The molecule has 0 saturated heterocycles. The first-order valence-electron chi connectivity index (χ1n) is 8.04. The molecule has 0 spiro atoms. The molecule has 0 heterocycles. The SMILES string of the molecule is COCCN(CC(C)C)C(=O)C1(CN)CCCCCC1. The van der Waals surface area contributed by atoms with Crippen LogP contribution >= 0.6 is 0 Å². The van der Waals surface area contributed by atoms with Crippen molar-refractivity contribution < 1.29 is 9.53 Å². The molecule has 0 aromatic heterocycles. The molecule has 1 fully saturated rings. The zero-order valence-corrected chi connectivity index (χ0v) is 13.5. The minimum Gasteiger partial charge on any atom is -0.383 e. The summed E-state index contributed by atoms with van der Waals surface area (Å²) in [7, 11) is 1.68. The van der Waals surface area contributed by atoms with Crippen LogP contribution in [0.5, 0.6) is 0 Å². The van der Waals surface area contributed by atoms with Gasteiger partial charge in [-0.05, 0) is 18.8 Å². The van der Waals surface area contributed by atoms with Crippen molar-refractivity contribution in [2.24, 2.45) is 17.1 Å². The monoisotopic (exact) mass is 284 g/mol. The Labute approximate surface area is 124 Å². The van der Waals surface area contributed by atoms with Crippen LogP contribution in [-0.4, -0.2) is 44.2 Å². The molecule has 4 heteroatoms. The van der Waals surface area contributed by atoms with E-state index in [9.17, 15) is 4.79 Å². The number of carbonyl (C=O) groups is 1. The molecule has 1 aliphatic carbocycles. The highest BCUT2D eigenvalue weighted by Gasteiger charge is 2.39. The van der Waals surface area contributed by atoms with Gasteiger partial charge in [-0.3, -0.25) is 4.79 Å². The van der Waals surface area contributed by atoms with Crippen LogP contribution in [-0.2, 0) is 9.53 Å². The molecule has 1 rings (SSSR count). The van der Waals surface area contributed by atoms with E-state index < -0.39 is 0 Å². The van der Waals surface area contributed by atoms with Gasteiger partial charge in [0.15, 0.2) is 0 Å². The van der Waals surface area contributed by atoms with Gasteiger partial charge in [0.1, 0.15) is 0 Å². The third-order valence-corrected chi connectivity index (χ3v) is 4.34. The molecule has 0 aliphatic heterocycles. The summed E-state index contributed by atoms with van der Waals surface area (Å²) in [5.74, 6) is 0.726. The summed E-state index contributed by atoms with van der Waals surface area (Å²) in [6.45, 7) is 6.84. The van der Waals surface area contributed by atoms with Crippen LogP contribution in [0.15, 0.2) is 0 Å². The molecule has 1 saturated carbocycles. The molecule has 0 atom stereocenters. The summed E-state index contributed by atoms with van der Waals surface area (Å²) in [6.07, 6.45) is 6.62. The largest absolute Gasteiger partial charge is 0.383 e. The van der Waals surface area contributed by atoms with E-state index in [0.29, 0.717) is 25.6 Å². The quantitative estimate of drug-likeness (QED) is 0.730. The second kappa shape index (κ2) is 8.63. The summed E-state index contributed by atoms with van der Waals surface area (Å²) >= 11 is 0. The fourth-order valence-electron chi connectivity index (χ4n) is 3.16. The Kier molecular flexibility index (Phi) is 7.52. The third kappa shape index (κ3) is 4.74. The summed E-state index contributed by atoms with van der Waals surface area (Å²) in [6, 6.07) is 0. The van der Waals surface area contributed by atoms with E-state index in [0.717, 1.165) is 32.2 Å². The number of rotatable bonds is 7. The van der Waals surface area contributed by atoms with Crippen molar-refractivity contribution in [3.63, 3.8) is 0 Å². The Morgan fingerprint density at radius 1 is 1.25 bits per heavy atom. The van der Waals surface area contributed by atoms with Crippen molar-refractivity contribution in [3.8, 4) is 0 Å². The van der Waals surface area contributed by atoms with Gasteiger partial charge < -0.3 is 15.4 Å². The third-order valence-electron chi connectivity index (χ3n) is 4.34. The number of hydrogen-bond acceptors (Lipinski definition) is 3. The zero-order valence-electron chi connectivity index (χ0n) is 13.5. The molecule has 0 aromatic carbocycles. The van der Waals surface area contributed by atoms with Crippen LogP contribution < -0.4 is 5.73 Å². The fraction of sp³-hybridized carbons (Fsp3) is 0.938. The Balaban J connectivity index is 2.82. The summed E-state index contributed by atoms with van der Waals surface area (Å²) < 4.78 is 5.16. The average molecular weight is 284 g/mol. The van der Waals surface area contributed by atoms with Crippen molar-refractivity contribution in [3.05, 3.63) is 0 Å². The van der Waals surface area contributed by atoms with E-state index in [-0.39, 0.29) is 11.3 Å². The summed E-state index contributed by atoms with van der Waals surface area (Å²) in [4.78, 5) is 15.0. The minimum atomic E-state index is -0.320. The lowest BCUT2D eigenvalue weighted by molar-refractivity contribution is -0.143. The van der Waals surface area contributed by atoms with E-state index in [1.165, 1.54) is 12.8 Å². The number of nitrogens with two attached hydrogens (primary N) is 1. The number of nitrogens with zero attached hydrogens (tertiary/aromatic N) is 1. The summed E-state index contributed by atoms with van der Waals surface area (Å²) in [5, 5.41) is 0. The van der Waals surface area contributed by atoms with Crippen LogP contribution in [0.25, 0.3) is 0 Å². The van der Waals surface area contributed by atoms with Crippen LogP contribution in [0.1, 0.15) is 52.4 Å². The number of methoxy groups -OCH3 is 1. The Morgan fingerprint density at radius 2 is 1.85 bits per heavy atom. The number of carbonyl (C=O) groups excluding carboxylic acids is 1. The molecule has 0 bridgehead atoms. The molecule has 20 heavy (non-hydrogen) atoms. The predicted octanol–water partition coefficient (Wildman–Crippen LogP) is 2.42. The normalized spacial score (nSPS) is 18.9. The highest BCUT2D eigenvalue weighted by molar-refractivity contribution is 5.83. The highest BCUT2D eigenvalue weighted by Crippen LogP contribution is 2.36. The lowest BCUT2D eigenvalue weighted by Gasteiger charge is -2.36. The van der Waals surface area contributed by atoms with E-state index >= 15 is 0 Å². The van der Waals surface area contributed by atoms with Gasteiger partial charge in [0.05, 0.1) is 12.0 Å². The van der Waals surface area contributed by atoms with Crippen LogP contribution in [0, 0.1) is 11.3 Å². The van der Waals surface area contributed by atoms with E-state index in [1.807, 2.05) is 4.90 Å². The first-order chi connectivity index (χ1) is 9.55. The second-order valence-electron chi connectivity index (χ2n) is 6.54. The molecule has 0 radical (unpaired) electrons. The maximum absolute atomic E-state index is 13.0. The number of hydrogen-bond donors (Lipinski definition) is 1. The van der Waals surface area contributed by atoms with Gasteiger partial charge in [-0.25, -0.2) is 0 Å². The maximum Gasteiger partial charge on any atom is 0.230 e. The first-order valence-corrected chi connectivity index (χ1v) is 8.04. The van der Waals surface area contributed by atoms with Gasteiger partial charge in [-0.1, -0.05) is 39.5 Å². The fourth-order valence-corrected chi connectivity index (χ4v) is 3.16. The average Bonchev–Trinajstić information content (AvgIpc) is 2.68. The first kappa shape index (κ1) is 17.4. The number of ether oxygens (including phenoxy) is 1. The zero-order chi connectivity index (χ0) is 15.0. The number of amides is 1. The molecule has 2 N–H and O–H groups in total. The lowest BCUT2D eigenvalue weighted by atomic mass is 9.79. The van der Waals surface area contributed by atoms with Gasteiger partial charge in [-0.15, -0.1) is 0 Å². The van der Waals surface area contributed by atoms with Crippen molar-refractivity contribution in [1.29, 1.82) is 0 Å². The molecular weight excluding hydrogens is 252 g/mol. The minimum absolute atomic E-state index is 0.257. The van der Waals surface area contributed by atoms with Crippen molar-refractivity contribution in [2.75, 3.05) is 33.4 Å². The van der Waals surface area contributed by atoms with Gasteiger partial charge in [0.25, 0.3) is 0 Å². The molecule has 1 amide bonds. The topological polar surface area (TPSA) is 55.6 Å². The summed E-state index contributed by atoms with van der Waals surface area (Å²) in [5.41, 5.74) is 5.71. The smallest absolute Gasteiger partial charge is 0.230 e. The van der Waals surface area contributed by atoms with Crippen molar-refractivity contribution >= 4 is 5.91 Å². The van der Waals surface area contributed by atoms with Gasteiger partial charge in [0, 0.05) is 26.7 Å². The Morgan fingerprint density at radius 3 is 2.30 bits per heavy atom.